The number of piperidine rings is 1. The maximum Gasteiger partial charge on any atom is 0.232 e. The van der Waals surface area contributed by atoms with Gasteiger partial charge in [0.1, 0.15) is 0 Å². The fourth-order valence-electron chi connectivity index (χ4n) is 4.97. The third-order valence-electron chi connectivity index (χ3n) is 6.21. The minimum atomic E-state index is -0.994. The van der Waals surface area contributed by atoms with Crippen LogP contribution in [0, 0.1) is 11.8 Å². The normalized spacial score (nSPS) is 33.3. The highest BCUT2D eigenvalue weighted by Crippen LogP contribution is 2.47. The molecule has 2 aromatic rings. The van der Waals surface area contributed by atoms with Gasteiger partial charge in [-0.15, -0.1) is 0 Å². The fraction of sp³-hybridized carbons (Fsp3) is 0.450. The number of aromatic amines is 1. The van der Waals surface area contributed by atoms with Gasteiger partial charge in [-0.2, -0.15) is 0 Å². The summed E-state index contributed by atoms with van der Waals surface area (Å²) in [5, 5.41) is 11.6. The van der Waals surface area contributed by atoms with Crippen LogP contribution in [0.3, 0.4) is 0 Å². The molecule has 130 valence electrons. The van der Waals surface area contributed by atoms with Gasteiger partial charge in [0.05, 0.1) is 18.6 Å². The second-order valence-corrected chi connectivity index (χ2v) is 7.29. The molecule has 0 bridgehead atoms. The van der Waals surface area contributed by atoms with Crippen molar-refractivity contribution < 1.29 is 14.6 Å². The van der Waals surface area contributed by atoms with Crippen molar-refractivity contribution in [3.63, 3.8) is 0 Å². The van der Waals surface area contributed by atoms with Gasteiger partial charge in [-0.1, -0.05) is 24.3 Å². The number of ether oxygens (including phenoxy) is 1. The zero-order valence-electron chi connectivity index (χ0n) is 14.2. The van der Waals surface area contributed by atoms with Gasteiger partial charge >= 0.3 is 0 Å². The van der Waals surface area contributed by atoms with Gasteiger partial charge in [-0.05, 0) is 37.0 Å². The number of nitrogens with zero attached hydrogens (tertiary/aromatic N) is 1. The maximum absolute atomic E-state index is 13.1. The second-order valence-electron chi connectivity index (χ2n) is 7.29. The Hall–Kier alpha value is -2.11. The van der Waals surface area contributed by atoms with E-state index in [1.165, 1.54) is 16.6 Å². The molecular weight excluding hydrogens is 316 g/mol. The molecule has 5 rings (SSSR count). The Kier molecular flexibility index (Phi) is 3.30. The molecule has 5 heteroatoms. The summed E-state index contributed by atoms with van der Waals surface area (Å²) in [4.78, 5) is 18.7. The van der Waals surface area contributed by atoms with E-state index in [-0.39, 0.29) is 17.9 Å². The molecule has 0 saturated carbocycles. The average molecular weight is 338 g/mol. The van der Waals surface area contributed by atoms with Crippen molar-refractivity contribution in [2.24, 2.45) is 11.8 Å². The highest BCUT2D eigenvalue weighted by atomic mass is 16.6. The number of benzene rings is 1. The smallest absolute Gasteiger partial charge is 0.232 e. The number of amides is 1. The molecule has 1 aromatic carbocycles. The Bertz CT molecular complexity index is 884. The number of H-pyrrole nitrogens is 1. The quantitative estimate of drug-likeness (QED) is 0.726. The van der Waals surface area contributed by atoms with Crippen LogP contribution in [-0.2, 0) is 16.0 Å². The van der Waals surface area contributed by atoms with E-state index in [9.17, 15) is 9.90 Å². The number of aliphatic hydroxyl groups excluding tert-OH is 1. The minimum Gasteiger partial charge on any atom is -0.367 e. The molecule has 4 atom stereocenters. The first-order chi connectivity index (χ1) is 12.2. The highest BCUT2D eigenvalue weighted by molar-refractivity contribution is 5.87. The standard InChI is InChI=1S/C20H22N2O3/c1-2-11-10-25-20(24)17-14(11)9-16-18-13(7-8-22(16)19(17)23)12-5-3-4-6-15(12)21-18/h2-6,14,16-17,20-21,24H,7-10H2,1H3. The zero-order chi connectivity index (χ0) is 17.1. The molecule has 1 aromatic heterocycles. The second kappa shape index (κ2) is 5.44. The van der Waals surface area contributed by atoms with Crippen LogP contribution in [0.1, 0.15) is 30.6 Å². The van der Waals surface area contributed by atoms with Crippen molar-refractivity contribution in [3.8, 4) is 0 Å². The van der Waals surface area contributed by atoms with Crippen LogP contribution in [0.25, 0.3) is 10.9 Å². The lowest BCUT2D eigenvalue weighted by atomic mass is 9.73. The summed E-state index contributed by atoms with van der Waals surface area (Å²) in [6, 6.07) is 8.42. The van der Waals surface area contributed by atoms with E-state index >= 15 is 0 Å². The molecule has 0 radical (unpaired) electrons. The Morgan fingerprint density at radius 2 is 2.20 bits per heavy atom. The summed E-state index contributed by atoms with van der Waals surface area (Å²) in [7, 11) is 0. The number of allylic oxidation sites excluding steroid dienone is 1. The first-order valence-electron chi connectivity index (χ1n) is 9.03. The number of aromatic nitrogens is 1. The first kappa shape index (κ1) is 15.2. The van der Waals surface area contributed by atoms with E-state index in [2.05, 4.69) is 23.2 Å². The predicted molar refractivity (Wildman–Crippen MR) is 93.8 cm³/mol. The summed E-state index contributed by atoms with van der Waals surface area (Å²) in [5.74, 6) is -0.390. The summed E-state index contributed by atoms with van der Waals surface area (Å²) >= 11 is 0. The summed E-state index contributed by atoms with van der Waals surface area (Å²) in [6.07, 6.45) is 2.75. The van der Waals surface area contributed by atoms with Gasteiger partial charge in [0, 0.05) is 29.1 Å². The van der Waals surface area contributed by atoms with Crippen molar-refractivity contribution in [1.82, 2.24) is 9.88 Å². The topological polar surface area (TPSA) is 65.6 Å². The van der Waals surface area contributed by atoms with Crippen LogP contribution in [0.15, 0.2) is 35.9 Å². The molecule has 5 nitrogen and oxygen atoms in total. The molecule has 25 heavy (non-hydrogen) atoms. The lowest BCUT2D eigenvalue weighted by Crippen LogP contribution is -2.56. The van der Waals surface area contributed by atoms with Crippen LogP contribution in [-0.4, -0.2) is 40.3 Å². The van der Waals surface area contributed by atoms with E-state index in [1.54, 1.807) is 0 Å². The molecule has 4 unspecified atom stereocenters. The van der Waals surface area contributed by atoms with Gasteiger partial charge in [0.25, 0.3) is 0 Å². The first-order valence-corrected chi connectivity index (χ1v) is 9.03. The van der Waals surface area contributed by atoms with Gasteiger partial charge in [0.15, 0.2) is 6.29 Å². The Balaban J connectivity index is 1.61. The van der Waals surface area contributed by atoms with Gasteiger partial charge in [0.2, 0.25) is 5.91 Å². The molecule has 2 N–H and O–H groups in total. The minimum absolute atomic E-state index is 0.0251. The zero-order valence-corrected chi connectivity index (χ0v) is 14.2. The Morgan fingerprint density at radius 1 is 1.36 bits per heavy atom. The maximum atomic E-state index is 13.1. The number of para-hydroxylation sites is 1. The van der Waals surface area contributed by atoms with Crippen molar-refractivity contribution in [2.45, 2.75) is 32.1 Å². The largest absolute Gasteiger partial charge is 0.367 e. The number of rotatable bonds is 0. The molecule has 2 saturated heterocycles. The highest BCUT2D eigenvalue weighted by Gasteiger charge is 2.51. The molecule has 3 aliphatic rings. The number of hydrogen-bond acceptors (Lipinski definition) is 3. The average Bonchev–Trinajstić information content (AvgIpc) is 3.01. The summed E-state index contributed by atoms with van der Waals surface area (Å²) < 4.78 is 5.45. The Morgan fingerprint density at radius 3 is 3.04 bits per heavy atom. The van der Waals surface area contributed by atoms with E-state index in [0.29, 0.717) is 13.2 Å². The van der Waals surface area contributed by atoms with Crippen molar-refractivity contribution >= 4 is 16.8 Å². The molecule has 4 heterocycles. The third kappa shape index (κ3) is 2.06. The van der Waals surface area contributed by atoms with E-state index in [0.717, 1.165) is 23.9 Å². The van der Waals surface area contributed by atoms with Crippen molar-refractivity contribution in [1.29, 1.82) is 0 Å². The summed E-state index contributed by atoms with van der Waals surface area (Å²) in [6.45, 7) is 3.11. The number of nitrogens with one attached hydrogen (secondary N) is 1. The van der Waals surface area contributed by atoms with E-state index < -0.39 is 12.2 Å². The number of fused-ring (bicyclic) bond motifs is 6. The molecule has 0 aliphatic carbocycles. The third-order valence-corrected chi connectivity index (χ3v) is 6.21. The number of aliphatic hydroxyl groups is 1. The molecule has 3 aliphatic heterocycles. The summed E-state index contributed by atoms with van der Waals surface area (Å²) in [5.41, 5.74) is 4.79. The SMILES string of the molecule is CC=C1COC(O)C2C(=O)N3CCc4c([nH]c5ccccc45)C3CC12. The predicted octanol–water partition coefficient (Wildman–Crippen LogP) is 2.52. The van der Waals surface area contributed by atoms with Crippen molar-refractivity contribution in [2.75, 3.05) is 13.2 Å². The number of carbonyl (C=O) groups is 1. The van der Waals surface area contributed by atoms with Crippen LogP contribution in [0.4, 0.5) is 0 Å². The molecule has 2 fully saturated rings. The number of carbonyl (C=O) groups excluding carboxylic acids is 1. The molecule has 1 amide bonds. The number of hydrogen-bond donors (Lipinski definition) is 2. The van der Waals surface area contributed by atoms with E-state index in [4.69, 9.17) is 4.74 Å². The monoisotopic (exact) mass is 338 g/mol. The van der Waals surface area contributed by atoms with Crippen LogP contribution in [0.5, 0.6) is 0 Å². The fourth-order valence-corrected chi connectivity index (χ4v) is 4.97. The van der Waals surface area contributed by atoms with Crippen LogP contribution < -0.4 is 0 Å². The van der Waals surface area contributed by atoms with E-state index in [1.807, 2.05) is 24.0 Å². The Labute approximate surface area is 146 Å². The van der Waals surface area contributed by atoms with Crippen LogP contribution in [0.2, 0.25) is 0 Å². The van der Waals surface area contributed by atoms with Gasteiger partial charge < -0.3 is 19.7 Å². The van der Waals surface area contributed by atoms with Gasteiger partial charge in [-0.3, -0.25) is 4.79 Å². The lowest BCUT2D eigenvalue weighted by molar-refractivity contribution is -0.191. The van der Waals surface area contributed by atoms with Crippen molar-refractivity contribution in [3.05, 3.63) is 47.2 Å². The van der Waals surface area contributed by atoms with Gasteiger partial charge in [-0.25, -0.2) is 0 Å². The molecule has 0 spiro atoms. The lowest BCUT2D eigenvalue weighted by Gasteiger charge is -2.49. The van der Waals surface area contributed by atoms with Crippen LogP contribution >= 0.6 is 0 Å². The molecular formula is C20H22N2O3.